The standard InChI is InChI=1S/C20H23FN4O2/c21-14-7-9-15(10-8-14)22-19(26)17-16-6-2-5-13-25(16)18(23-17)20(27)24-11-3-1-4-12-24/h7-10H,1-6,11-13H2,(H,22,26). The molecule has 1 saturated heterocycles. The van der Waals surface area contributed by atoms with Gasteiger partial charge in [0.1, 0.15) is 5.82 Å². The first-order valence-corrected chi connectivity index (χ1v) is 9.59. The maximum Gasteiger partial charge on any atom is 0.289 e. The summed E-state index contributed by atoms with van der Waals surface area (Å²) in [6.07, 6.45) is 5.85. The van der Waals surface area contributed by atoms with Crippen molar-refractivity contribution in [3.63, 3.8) is 0 Å². The van der Waals surface area contributed by atoms with Gasteiger partial charge in [0.15, 0.2) is 11.5 Å². The van der Waals surface area contributed by atoms with Crippen LogP contribution in [0.25, 0.3) is 0 Å². The van der Waals surface area contributed by atoms with Crippen LogP contribution in [0.15, 0.2) is 24.3 Å². The first-order valence-electron chi connectivity index (χ1n) is 9.59. The molecule has 2 aliphatic rings. The zero-order valence-corrected chi connectivity index (χ0v) is 15.2. The van der Waals surface area contributed by atoms with Gasteiger partial charge in [-0.05, 0) is 62.8 Å². The number of hydrogen-bond donors (Lipinski definition) is 1. The number of carbonyl (C=O) groups excluding carboxylic acids is 2. The predicted molar refractivity (Wildman–Crippen MR) is 99.3 cm³/mol. The molecular weight excluding hydrogens is 347 g/mol. The highest BCUT2D eigenvalue weighted by Gasteiger charge is 2.30. The molecule has 6 nitrogen and oxygen atoms in total. The minimum atomic E-state index is -0.359. The van der Waals surface area contributed by atoms with Gasteiger partial charge < -0.3 is 14.8 Å². The summed E-state index contributed by atoms with van der Waals surface area (Å²) in [5.74, 6) is -0.429. The molecule has 1 aromatic heterocycles. The summed E-state index contributed by atoms with van der Waals surface area (Å²) < 4.78 is 15.0. The molecule has 2 aliphatic heterocycles. The minimum absolute atomic E-state index is 0.0846. The van der Waals surface area contributed by atoms with Gasteiger partial charge in [0.25, 0.3) is 11.8 Å². The predicted octanol–water partition coefficient (Wildman–Crippen LogP) is 3.24. The van der Waals surface area contributed by atoms with E-state index in [9.17, 15) is 14.0 Å². The molecule has 142 valence electrons. The molecule has 2 aromatic rings. The van der Waals surface area contributed by atoms with Gasteiger partial charge >= 0.3 is 0 Å². The molecule has 7 heteroatoms. The van der Waals surface area contributed by atoms with Gasteiger partial charge in [0.05, 0.1) is 5.69 Å². The van der Waals surface area contributed by atoms with Crippen LogP contribution in [0.2, 0.25) is 0 Å². The Morgan fingerprint density at radius 2 is 1.67 bits per heavy atom. The van der Waals surface area contributed by atoms with E-state index < -0.39 is 0 Å². The molecule has 2 amide bonds. The van der Waals surface area contributed by atoms with Gasteiger partial charge in [-0.1, -0.05) is 0 Å². The van der Waals surface area contributed by atoms with Crippen LogP contribution in [0.3, 0.4) is 0 Å². The van der Waals surface area contributed by atoms with E-state index in [0.717, 1.165) is 57.3 Å². The molecule has 0 aliphatic carbocycles. The Morgan fingerprint density at radius 1 is 0.963 bits per heavy atom. The summed E-state index contributed by atoms with van der Waals surface area (Å²) in [6.45, 7) is 2.21. The van der Waals surface area contributed by atoms with Gasteiger partial charge in [-0.2, -0.15) is 0 Å². The fraction of sp³-hybridized carbons (Fsp3) is 0.450. The quantitative estimate of drug-likeness (QED) is 0.902. The van der Waals surface area contributed by atoms with Crippen molar-refractivity contribution in [1.82, 2.24) is 14.5 Å². The number of benzene rings is 1. The molecule has 0 saturated carbocycles. The fourth-order valence-corrected chi connectivity index (χ4v) is 3.85. The molecule has 4 rings (SSSR count). The summed E-state index contributed by atoms with van der Waals surface area (Å²) >= 11 is 0. The molecular formula is C20H23FN4O2. The number of amides is 2. The van der Waals surface area contributed by atoms with Crippen molar-refractivity contribution in [2.75, 3.05) is 18.4 Å². The second kappa shape index (κ2) is 7.50. The SMILES string of the molecule is O=C(Nc1ccc(F)cc1)c1nc(C(=O)N2CCCCC2)n2c1CCCC2. The molecule has 0 unspecified atom stereocenters. The summed E-state index contributed by atoms with van der Waals surface area (Å²) in [7, 11) is 0. The molecule has 0 spiro atoms. The van der Waals surface area contributed by atoms with Crippen LogP contribution in [0.1, 0.15) is 58.9 Å². The number of rotatable bonds is 3. The van der Waals surface area contributed by atoms with E-state index >= 15 is 0 Å². The molecule has 27 heavy (non-hydrogen) atoms. The lowest BCUT2D eigenvalue weighted by atomic mass is 10.1. The number of nitrogens with one attached hydrogen (secondary N) is 1. The Labute approximate surface area is 157 Å². The number of anilines is 1. The summed E-state index contributed by atoms with van der Waals surface area (Å²) in [4.78, 5) is 32.1. The second-order valence-electron chi connectivity index (χ2n) is 7.15. The van der Waals surface area contributed by atoms with E-state index in [-0.39, 0.29) is 17.6 Å². The third-order valence-electron chi connectivity index (χ3n) is 5.27. The fourth-order valence-electron chi connectivity index (χ4n) is 3.85. The molecule has 1 N–H and O–H groups in total. The maximum atomic E-state index is 13.1. The lowest BCUT2D eigenvalue weighted by Gasteiger charge is -2.27. The Kier molecular flexibility index (Phi) is 4.92. The van der Waals surface area contributed by atoms with E-state index in [0.29, 0.717) is 23.8 Å². The first kappa shape index (κ1) is 17.7. The normalized spacial score (nSPS) is 16.7. The highest BCUT2D eigenvalue weighted by Crippen LogP contribution is 2.24. The topological polar surface area (TPSA) is 67.2 Å². The van der Waals surface area contributed by atoms with Crippen LogP contribution < -0.4 is 5.32 Å². The average Bonchev–Trinajstić information content (AvgIpc) is 3.10. The number of nitrogens with zero attached hydrogens (tertiary/aromatic N) is 3. The zero-order chi connectivity index (χ0) is 18.8. The summed E-state index contributed by atoms with van der Waals surface area (Å²) in [5, 5.41) is 2.76. The number of fused-ring (bicyclic) bond motifs is 1. The van der Waals surface area contributed by atoms with E-state index in [2.05, 4.69) is 10.3 Å². The highest BCUT2D eigenvalue weighted by atomic mass is 19.1. The molecule has 1 aromatic carbocycles. The van der Waals surface area contributed by atoms with Gasteiger partial charge in [0.2, 0.25) is 0 Å². The monoisotopic (exact) mass is 370 g/mol. The van der Waals surface area contributed by atoms with Crippen molar-refractivity contribution < 1.29 is 14.0 Å². The van der Waals surface area contributed by atoms with Gasteiger partial charge in [0, 0.05) is 25.3 Å². The van der Waals surface area contributed by atoms with Crippen molar-refractivity contribution in [1.29, 1.82) is 0 Å². The third kappa shape index (κ3) is 3.59. The summed E-state index contributed by atoms with van der Waals surface area (Å²) in [6, 6.07) is 5.61. The smallest absolute Gasteiger partial charge is 0.289 e. The Bertz CT molecular complexity index is 854. The lowest BCUT2D eigenvalue weighted by Crippen LogP contribution is -2.37. The first-order chi connectivity index (χ1) is 13.1. The largest absolute Gasteiger partial charge is 0.336 e. The highest BCUT2D eigenvalue weighted by molar-refractivity contribution is 6.05. The zero-order valence-electron chi connectivity index (χ0n) is 15.2. The summed E-state index contributed by atoms with van der Waals surface area (Å²) in [5.41, 5.74) is 1.63. The third-order valence-corrected chi connectivity index (χ3v) is 5.27. The van der Waals surface area contributed by atoms with Crippen LogP contribution in [0.4, 0.5) is 10.1 Å². The lowest BCUT2D eigenvalue weighted by molar-refractivity contribution is 0.0705. The molecule has 0 atom stereocenters. The van der Waals surface area contributed by atoms with Crippen molar-refractivity contribution >= 4 is 17.5 Å². The van der Waals surface area contributed by atoms with E-state index in [1.54, 1.807) is 0 Å². The number of hydrogen-bond acceptors (Lipinski definition) is 3. The molecule has 1 fully saturated rings. The number of likely N-dealkylation sites (tertiary alicyclic amines) is 1. The minimum Gasteiger partial charge on any atom is -0.336 e. The maximum absolute atomic E-state index is 13.1. The van der Waals surface area contributed by atoms with Crippen LogP contribution in [-0.2, 0) is 13.0 Å². The number of carbonyl (C=O) groups is 2. The van der Waals surface area contributed by atoms with Gasteiger partial charge in [-0.15, -0.1) is 0 Å². The van der Waals surface area contributed by atoms with Crippen LogP contribution >= 0.6 is 0 Å². The van der Waals surface area contributed by atoms with Gasteiger partial charge in [-0.3, -0.25) is 9.59 Å². The van der Waals surface area contributed by atoms with Crippen LogP contribution in [0, 0.1) is 5.82 Å². The van der Waals surface area contributed by atoms with Crippen molar-refractivity contribution in [3.05, 3.63) is 47.3 Å². The number of aromatic nitrogens is 2. The van der Waals surface area contributed by atoms with Crippen LogP contribution in [-0.4, -0.2) is 39.4 Å². The number of piperidine rings is 1. The Hall–Kier alpha value is -2.70. The molecule has 3 heterocycles. The molecule has 0 bridgehead atoms. The number of halogens is 1. The van der Waals surface area contributed by atoms with Crippen molar-refractivity contribution in [3.8, 4) is 0 Å². The number of imidazole rings is 1. The van der Waals surface area contributed by atoms with E-state index in [1.807, 2.05) is 9.47 Å². The average molecular weight is 370 g/mol. The van der Waals surface area contributed by atoms with Crippen molar-refractivity contribution in [2.45, 2.75) is 45.1 Å². The second-order valence-corrected chi connectivity index (χ2v) is 7.15. The van der Waals surface area contributed by atoms with Gasteiger partial charge in [-0.25, -0.2) is 9.37 Å². The van der Waals surface area contributed by atoms with E-state index in [4.69, 9.17) is 0 Å². The Morgan fingerprint density at radius 3 is 2.41 bits per heavy atom. The van der Waals surface area contributed by atoms with Crippen molar-refractivity contribution in [2.24, 2.45) is 0 Å². The molecule has 0 radical (unpaired) electrons. The van der Waals surface area contributed by atoms with Crippen LogP contribution in [0.5, 0.6) is 0 Å². The Balaban J connectivity index is 1.62. The van der Waals surface area contributed by atoms with E-state index in [1.165, 1.54) is 24.3 Å².